The third-order valence-corrected chi connectivity index (χ3v) is 9.66. The van der Waals surface area contributed by atoms with Gasteiger partial charge in [0.05, 0.1) is 27.3 Å². The number of fused-ring (bicyclic) bond motifs is 1. The number of benzene rings is 1. The summed E-state index contributed by atoms with van der Waals surface area (Å²) in [5.41, 5.74) is 7.52. The summed E-state index contributed by atoms with van der Waals surface area (Å²) < 4.78 is 29.1. The highest BCUT2D eigenvalue weighted by atomic mass is 79.9. The molecule has 2 aliphatic heterocycles. The van der Waals surface area contributed by atoms with Crippen molar-refractivity contribution in [2.24, 2.45) is 4.99 Å². The van der Waals surface area contributed by atoms with Gasteiger partial charge in [-0.2, -0.15) is 4.31 Å². The average Bonchev–Trinajstić information content (AvgIpc) is 3.52. The van der Waals surface area contributed by atoms with Gasteiger partial charge in [0.1, 0.15) is 5.69 Å². The van der Waals surface area contributed by atoms with Crippen LogP contribution in [-0.2, 0) is 16.4 Å². The minimum absolute atomic E-state index is 0.00557. The largest absolute Gasteiger partial charge is 0.378 e. The van der Waals surface area contributed by atoms with E-state index in [9.17, 15) is 8.42 Å². The van der Waals surface area contributed by atoms with Crippen molar-refractivity contribution in [1.82, 2.24) is 13.9 Å². The predicted octanol–water partition coefficient (Wildman–Crippen LogP) is 6.07. The van der Waals surface area contributed by atoms with Gasteiger partial charge in [-0.05, 0) is 67.4 Å². The molecule has 5 rings (SSSR count). The normalized spacial score (nSPS) is 17.9. The van der Waals surface area contributed by atoms with Gasteiger partial charge in [0.2, 0.25) is 10.0 Å². The Balaban J connectivity index is 1.46. The van der Waals surface area contributed by atoms with Gasteiger partial charge in [-0.15, -0.1) is 0 Å². The zero-order valence-corrected chi connectivity index (χ0v) is 24.1. The number of hydrogen-bond donors (Lipinski definition) is 1. The number of aryl methyl sites for hydroxylation is 1. The molecule has 0 saturated carbocycles. The molecule has 1 aromatic carbocycles. The Morgan fingerprint density at radius 2 is 1.89 bits per heavy atom. The molecule has 1 saturated heterocycles. The van der Waals surface area contributed by atoms with Gasteiger partial charge in [0, 0.05) is 64.4 Å². The summed E-state index contributed by atoms with van der Waals surface area (Å²) in [4.78, 5) is 9.65. The van der Waals surface area contributed by atoms with Crippen LogP contribution < -0.4 is 5.32 Å². The number of anilines is 1. The number of nitrogens with zero attached hydrogens (tertiary/aromatic N) is 4. The summed E-state index contributed by atoms with van der Waals surface area (Å²) >= 11 is 16.2. The molecule has 0 radical (unpaired) electrons. The van der Waals surface area contributed by atoms with Crippen molar-refractivity contribution in [3.63, 3.8) is 0 Å². The van der Waals surface area contributed by atoms with Crippen molar-refractivity contribution in [1.29, 1.82) is 0 Å². The summed E-state index contributed by atoms with van der Waals surface area (Å²) in [7, 11) is -3.20. The molecule has 2 aromatic heterocycles. The minimum Gasteiger partial charge on any atom is -0.378 e. The summed E-state index contributed by atoms with van der Waals surface area (Å²) in [6, 6.07) is 7.64. The van der Waals surface area contributed by atoms with Crippen LogP contribution in [-0.4, -0.2) is 52.9 Å². The fraction of sp³-hybridized carbons (Fsp3) is 0.360. The van der Waals surface area contributed by atoms with E-state index in [1.54, 1.807) is 23.5 Å². The van der Waals surface area contributed by atoms with E-state index in [1.165, 1.54) is 0 Å². The lowest BCUT2D eigenvalue weighted by atomic mass is 10.1. The summed E-state index contributed by atoms with van der Waals surface area (Å²) in [6.45, 7) is 6.75. The first-order valence-electron chi connectivity index (χ1n) is 11.7. The van der Waals surface area contributed by atoms with Crippen molar-refractivity contribution >= 4 is 66.2 Å². The van der Waals surface area contributed by atoms with Crippen LogP contribution in [0.2, 0.25) is 10.0 Å². The van der Waals surface area contributed by atoms with E-state index in [0.29, 0.717) is 29.6 Å². The van der Waals surface area contributed by atoms with Gasteiger partial charge < -0.3 is 9.88 Å². The van der Waals surface area contributed by atoms with Crippen molar-refractivity contribution in [2.45, 2.75) is 39.7 Å². The van der Waals surface area contributed by atoms with E-state index in [-0.39, 0.29) is 11.8 Å². The molecule has 3 aromatic rings. The highest BCUT2D eigenvalue weighted by Crippen LogP contribution is 2.41. The van der Waals surface area contributed by atoms with Gasteiger partial charge in [0.25, 0.3) is 0 Å². The molecule has 0 bridgehead atoms. The Labute approximate surface area is 229 Å². The molecule has 0 aliphatic carbocycles. The first-order valence-corrected chi connectivity index (χ1v) is 14.9. The Morgan fingerprint density at radius 1 is 1.17 bits per heavy atom. The van der Waals surface area contributed by atoms with Crippen LogP contribution in [0.5, 0.6) is 0 Å². The van der Waals surface area contributed by atoms with Gasteiger partial charge in [0.15, 0.2) is 0 Å². The maximum Gasteiger partial charge on any atom is 0.213 e. The summed E-state index contributed by atoms with van der Waals surface area (Å²) in [5, 5.41) is 4.71. The molecule has 7 nitrogen and oxygen atoms in total. The molecule has 1 unspecified atom stereocenters. The smallest absolute Gasteiger partial charge is 0.213 e. The standard InChI is InChI=1S/C25H26BrCl2N5O2S/c1-4-36(34,35)32-6-5-18(13-32)30-24-21(26)12-29-23-11-22(31-25(23)24)20-7-14(2)33(15(20)3)19-9-16(27)8-17(28)10-19/h7-10,12,18H,4-6,11,13H2,1-3H3,(H,29,30). The second-order valence-corrected chi connectivity index (χ2v) is 13.1. The van der Waals surface area contributed by atoms with Crippen LogP contribution in [0.25, 0.3) is 5.69 Å². The van der Waals surface area contributed by atoms with E-state index in [0.717, 1.165) is 56.3 Å². The quantitative estimate of drug-likeness (QED) is 0.367. The van der Waals surface area contributed by atoms with Gasteiger partial charge >= 0.3 is 0 Å². The zero-order valence-electron chi connectivity index (χ0n) is 20.1. The third-order valence-electron chi connectivity index (χ3n) is 6.77. The molecule has 2 aliphatic rings. The van der Waals surface area contributed by atoms with Gasteiger partial charge in [-0.3, -0.25) is 4.98 Å². The number of hydrogen-bond acceptors (Lipinski definition) is 5. The van der Waals surface area contributed by atoms with Crippen molar-refractivity contribution in [2.75, 3.05) is 24.2 Å². The number of nitrogens with one attached hydrogen (secondary N) is 1. The van der Waals surface area contributed by atoms with E-state index in [2.05, 4.69) is 43.8 Å². The lowest BCUT2D eigenvalue weighted by Gasteiger charge is -2.18. The first-order chi connectivity index (χ1) is 17.1. The number of aromatic nitrogens is 2. The van der Waals surface area contributed by atoms with Crippen LogP contribution in [0.3, 0.4) is 0 Å². The second kappa shape index (κ2) is 9.76. The Hall–Kier alpha value is -1.91. The van der Waals surface area contributed by atoms with E-state index < -0.39 is 10.0 Å². The monoisotopic (exact) mass is 609 g/mol. The molecule has 1 fully saturated rings. The Bertz CT molecular complexity index is 1480. The van der Waals surface area contributed by atoms with Crippen LogP contribution in [0.15, 0.2) is 39.9 Å². The van der Waals surface area contributed by atoms with Crippen molar-refractivity contribution in [3.05, 3.63) is 67.6 Å². The van der Waals surface area contributed by atoms with E-state index in [1.807, 2.05) is 19.1 Å². The SMILES string of the molecule is CCS(=O)(=O)N1CCC(Nc2c(Br)cnc3c2N=C(c2cc(C)n(-c4cc(Cl)cc(Cl)c4)c2C)C3)C1. The number of halogens is 3. The van der Waals surface area contributed by atoms with Crippen LogP contribution in [0, 0.1) is 13.8 Å². The minimum atomic E-state index is -3.20. The first kappa shape index (κ1) is 25.7. The number of sulfonamides is 1. The Kier molecular flexibility index (Phi) is 6.97. The van der Waals surface area contributed by atoms with Crippen LogP contribution in [0.1, 0.15) is 36.0 Å². The molecule has 190 valence electrons. The zero-order chi connectivity index (χ0) is 25.8. The molecular formula is C25H26BrCl2N5O2S. The molecule has 36 heavy (non-hydrogen) atoms. The van der Waals surface area contributed by atoms with Crippen molar-refractivity contribution < 1.29 is 8.42 Å². The number of pyridine rings is 1. The van der Waals surface area contributed by atoms with Crippen LogP contribution >= 0.6 is 39.1 Å². The highest BCUT2D eigenvalue weighted by molar-refractivity contribution is 9.10. The van der Waals surface area contributed by atoms with E-state index >= 15 is 0 Å². The molecule has 0 amide bonds. The lowest BCUT2D eigenvalue weighted by molar-refractivity contribution is 0.476. The van der Waals surface area contributed by atoms with Crippen LogP contribution in [0.4, 0.5) is 11.4 Å². The lowest BCUT2D eigenvalue weighted by Crippen LogP contribution is -2.32. The molecule has 0 spiro atoms. The maximum atomic E-state index is 12.3. The predicted molar refractivity (Wildman–Crippen MR) is 150 cm³/mol. The fourth-order valence-electron chi connectivity index (χ4n) is 5.00. The van der Waals surface area contributed by atoms with Gasteiger partial charge in [-0.1, -0.05) is 23.2 Å². The molecule has 1 atom stereocenters. The second-order valence-electron chi connectivity index (χ2n) is 9.15. The third kappa shape index (κ3) is 4.72. The summed E-state index contributed by atoms with van der Waals surface area (Å²) in [6.07, 6.45) is 3.13. The fourth-order valence-corrected chi connectivity index (χ4v) is 7.07. The number of aliphatic imine (C=N–C) groups is 1. The average molecular weight is 611 g/mol. The Morgan fingerprint density at radius 3 is 2.58 bits per heavy atom. The molecular weight excluding hydrogens is 585 g/mol. The summed E-state index contributed by atoms with van der Waals surface area (Å²) in [5.74, 6) is 0.113. The van der Waals surface area contributed by atoms with Crippen molar-refractivity contribution in [3.8, 4) is 5.69 Å². The molecule has 4 heterocycles. The maximum absolute atomic E-state index is 12.3. The topological polar surface area (TPSA) is 79.6 Å². The number of rotatable bonds is 6. The molecule has 11 heteroatoms. The van der Waals surface area contributed by atoms with E-state index in [4.69, 9.17) is 28.2 Å². The highest BCUT2D eigenvalue weighted by Gasteiger charge is 2.32. The van der Waals surface area contributed by atoms with Gasteiger partial charge in [-0.25, -0.2) is 13.4 Å². The molecule has 1 N–H and O–H groups in total.